The molecule has 1 rings (SSSR count). The molecule has 1 saturated heterocycles. The Balaban J connectivity index is 2.41. The second-order valence-corrected chi connectivity index (χ2v) is 16.0. The van der Waals surface area contributed by atoms with Gasteiger partial charge in [0.05, 0.1) is 0 Å². The van der Waals surface area contributed by atoms with Gasteiger partial charge in [0.15, 0.2) is 0 Å². The van der Waals surface area contributed by atoms with Crippen LogP contribution in [0, 0.1) is 0 Å². The molecule has 0 aliphatic carbocycles. The zero-order valence-corrected chi connectivity index (χ0v) is 10.0. The molecule has 0 radical (unpaired) electrons. The van der Waals surface area contributed by atoms with E-state index in [0.29, 0.717) is 0 Å². The van der Waals surface area contributed by atoms with Crippen LogP contribution in [0.15, 0.2) is 0 Å². The lowest BCUT2D eigenvalue weighted by atomic mass is 10.6. The summed E-state index contributed by atoms with van der Waals surface area (Å²) < 4.78 is 0. The highest BCUT2D eigenvalue weighted by atomic mass is 79.9. The molecule has 0 aromatic heterocycles. The van der Waals surface area contributed by atoms with Gasteiger partial charge in [-0.2, -0.15) is 0 Å². The smallest absolute Gasteiger partial charge is 0.112 e. The van der Waals surface area contributed by atoms with Crippen molar-refractivity contribution in [1.29, 1.82) is 0 Å². The molecule has 0 N–H and O–H groups in total. The minimum Gasteiger partial charge on any atom is -0.131 e. The normalized spacial score (nSPS) is 34.3. The molecule has 0 spiro atoms. The molecule has 3 heteroatoms. The van der Waals surface area contributed by atoms with E-state index in [1.54, 1.807) is 17.8 Å². The minimum atomic E-state index is -0.639. The molecule has 1 unspecified atom stereocenters. The molecule has 0 bridgehead atoms. The summed E-state index contributed by atoms with van der Waals surface area (Å²) in [6, 6.07) is 3.14. The molecule has 54 valence electrons. The Morgan fingerprint density at radius 3 is 2.44 bits per heavy atom. The first-order valence-corrected chi connectivity index (χ1v) is 12.0. The highest BCUT2D eigenvalue weighted by Gasteiger charge is 2.28. The van der Waals surface area contributed by atoms with E-state index in [9.17, 15) is 0 Å². The summed E-state index contributed by atoms with van der Waals surface area (Å²) in [5.41, 5.74) is 1.63. The maximum atomic E-state index is 3.84. The molecule has 0 amide bonds. The number of hydrogen-bond acceptors (Lipinski definition) is 0. The van der Waals surface area contributed by atoms with Gasteiger partial charge in [0.2, 0.25) is 0 Å². The number of halogens is 1. The first-order valence-electron chi connectivity index (χ1n) is 3.74. The Labute approximate surface area is 68.2 Å². The van der Waals surface area contributed by atoms with Crippen LogP contribution in [0.2, 0.25) is 30.8 Å². The Morgan fingerprint density at radius 2 is 2.11 bits per heavy atom. The zero-order chi connectivity index (χ0) is 6.91. The second kappa shape index (κ2) is 2.88. The summed E-state index contributed by atoms with van der Waals surface area (Å²) in [5, 5.41) is 0. The molecule has 0 nitrogen and oxygen atoms in total. The zero-order valence-electron chi connectivity index (χ0n) is 6.28. The molecule has 1 aliphatic rings. The fraction of sp³-hybridized carbons (Fsp3) is 1.00. The van der Waals surface area contributed by atoms with E-state index in [1.165, 1.54) is 6.42 Å². The summed E-state index contributed by atoms with van der Waals surface area (Å²) in [5.74, 6) is 0. The summed E-state index contributed by atoms with van der Waals surface area (Å²) >= 11 is 3.84. The van der Waals surface area contributed by atoms with Crippen LogP contribution < -0.4 is 0 Å². The molecule has 1 aliphatic heterocycles. The van der Waals surface area contributed by atoms with Gasteiger partial charge in [-0.25, -0.2) is 0 Å². The fourth-order valence-corrected chi connectivity index (χ4v) is 19.1. The van der Waals surface area contributed by atoms with Crippen LogP contribution in [0.4, 0.5) is 0 Å². The average molecular weight is 223 g/mol. The summed E-state index contributed by atoms with van der Waals surface area (Å²) in [6.45, 7) is 5.07. The van der Waals surface area contributed by atoms with Crippen LogP contribution in [0.1, 0.15) is 6.42 Å². The van der Waals surface area contributed by atoms with Crippen molar-refractivity contribution in [1.82, 2.24) is 0 Å². The Hall–Kier alpha value is 0.914. The Bertz CT molecular complexity index is 103. The summed E-state index contributed by atoms with van der Waals surface area (Å²) in [4.78, 5) is 0. The molecule has 1 atom stereocenters. The van der Waals surface area contributed by atoms with Crippen molar-refractivity contribution in [3.8, 4) is 0 Å². The van der Waals surface area contributed by atoms with E-state index in [2.05, 4.69) is 28.4 Å². The van der Waals surface area contributed by atoms with E-state index >= 15 is 0 Å². The monoisotopic (exact) mass is 222 g/mol. The Morgan fingerprint density at radius 1 is 1.44 bits per heavy atom. The van der Waals surface area contributed by atoms with Crippen LogP contribution in [0.25, 0.3) is 0 Å². The molecular weight excluding hydrogens is 208 g/mol. The SMILES string of the molecule is C[Si]1(C)CCC[SiH](Br)C1. The molecule has 9 heavy (non-hydrogen) atoms. The van der Waals surface area contributed by atoms with Gasteiger partial charge in [-0.1, -0.05) is 37.3 Å². The lowest BCUT2D eigenvalue weighted by Crippen LogP contribution is -2.34. The predicted octanol–water partition coefficient (Wildman–Crippen LogP) is 2.76. The van der Waals surface area contributed by atoms with Crippen LogP contribution in [0.3, 0.4) is 0 Å². The molecule has 0 aromatic rings. The van der Waals surface area contributed by atoms with Gasteiger partial charge in [-0.15, -0.1) is 15.3 Å². The van der Waals surface area contributed by atoms with Crippen molar-refractivity contribution in [3.05, 3.63) is 0 Å². The lowest BCUT2D eigenvalue weighted by Gasteiger charge is -2.29. The highest BCUT2D eigenvalue weighted by molar-refractivity contribution is 9.24. The average Bonchev–Trinajstić information content (AvgIpc) is 1.60. The molecule has 0 aromatic carbocycles. The number of hydrogen-bond donors (Lipinski definition) is 0. The van der Waals surface area contributed by atoms with E-state index in [4.69, 9.17) is 0 Å². The van der Waals surface area contributed by atoms with Gasteiger partial charge in [0.25, 0.3) is 0 Å². The van der Waals surface area contributed by atoms with Crippen molar-refractivity contribution in [2.24, 2.45) is 0 Å². The van der Waals surface area contributed by atoms with Crippen LogP contribution in [0.5, 0.6) is 0 Å². The molecular formula is C6H15BrSi2. The second-order valence-electron chi connectivity index (χ2n) is 3.86. The third-order valence-corrected chi connectivity index (χ3v) is 15.4. The van der Waals surface area contributed by atoms with Crippen LogP contribution in [-0.4, -0.2) is 15.5 Å². The van der Waals surface area contributed by atoms with Crippen molar-refractivity contribution < 1.29 is 0 Å². The first-order chi connectivity index (χ1) is 4.10. The first kappa shape index (κ1) is 8.01. The van der Waals surface area contributed by atoms with Gasteiger partial charge in [0, 0.05) is 8.07 Å². The molecule has 1 heterocycles. The van der Waals surface area contributed by atoms with E-state index < -0.39 is 8.07 Å². The van der Waals surface area contributed by atoms with E-state index in [1.807, 2.05) is 0 Å². The van der Waals surface area contributed by atoms with Gasteiger partial charge in [0.1, 0.15) is 7.42 Å². The fourth-order valence-electron chi connectivity index (χ4n) is 1.61. The van der Waals surface area contributed by atoms with Crippen molar-refractivity contribution >= 4 is 30.8 Å². The summed E-state index contributed by atoms with van der Waals surface area (Å²) in [6.07, 6.45) is 1.53. The van der Waals surface area contributed by atoms with Crippen molar-refractivity contribution in [2.75, 3.05) is 0 Å². The standard InChI is InChI=1S/C6H15BrSi2/c1-9(2)5-3-4-8(7)6-9/h8H,3-6H2,1-2H3. The minimum absolute atomic E-state index is 0.345. The van der Waals surface area contributed by atoms with Crippen LogP contribution in [-0.2, 0) is 0 Å². The quantitative estimate of drug-likeness (QED) is 0.437. The number of rotatable bonds is 0. The predicted molar refractivity (Wildman–Crippen MR) is 52.6 cm³/mol. The van der Waals surface area contributed by atoms with Gasteiger partial charge in [-0.05, 0) is 0 Å². The van der Waals surface area contributed by atoms with Crippen molar-refractivity contribution in [3.63, 3.8) is 0 Å². The van der Waals surface area contributed by atoms with E-state index in [-0.39, 0.29) is 7.42 Å². The molecule has 1 fully saturated rings. The lowest BCUT2D eigenvalue weighted by molar-refractivity contribution is 1.01. The van der Waals surface area contributed by atoms with Gasteiger partial charge >= 0.3 is 0 Å². The third-order valence-electron chi connectivity index (χ3n) is 2.14. The molecule has 0 saturated carbocycles. The van der Waals surface area contributed by atoms with Crippen molar-refractivity contribution in [2.45, 2.75) is 37.3 Å². The topological polar surface area (TPSA) is 0 Å². The maximum Gasteiger partial charge on any atom is 0.112 e. The largest absolute Gasteiger partial charge is 0.131 e. The maximum absolute atomic E-state index is 3.84. The Kier molecular flexibility index (Phi) is 2.57. The van der Waals surface area contributed by atoms with Crippen LogP contribution >= 0.6 is 15.3 Å². The third kappa shape index (κ3) is 2.55. The summed E-state index contributed by atoms with van der Waals surface area (Å²) in [7, 11) is -0.984. The van der Waals surface area contributed by atoms with Gasteiger partial charge < -0.3 is 0 Å². The highest BCUT2D eigenvalue weighted by Crippen LogP contribution is 2.30. The van der Waals surface area contributed by atoms with Gasteiger partial charge in [-0.3, -0.25) is 0 Å². The van der Waals surface area contributed by atoms with E-state index in [0.717, 1.165) is 0 Å².